The minimum Gasteiger partial charge on any atom is -0.504 e. The van der Waals surface area contributed by atoms with E-state index in [1.54, 1.807) is 12.1 Å². The van der Waals surface area contributed by atoms with Crippen molar-refractivity contribution >= 4 is 27.9 Å². The molecule has 5 heteroatoms. The first-order valence-corrected chi connectivity index (χ1v) is 6.48. The van der Waals surface area contributed by atoms with E-state index in [2.05, 4.69) is 0 Å². The molecule has 0 spiro atoms. The maximum Gasteiger partial charge on any atom is 0.314 e. The summed E-state index contributed by atoms with van der Waals surface area (Å²) in [6, 6.07) is 3.32. The van der Waals surface area contributed by atoms with Crippen LogP contribution >= 0.6 is 0 Å². The fourth-order valence-electron chi connectivity index (χ4n) is 3.20. The molecule has 0 unspecified atom stereocenters. The van der Waals surface area contributed by atoms with Gasteiger partial charge in [-0.05, 0) is 25.0 Å². The standard InChI is InChI=1S/C15H12O5/c16-11-9-3-7-19-12(9)10(8-2-6-20-13(8)11)15(14(17)18)4-1-5-15/h2-3,6-7,16H,1,4-5H2,(H,17,18). The molecule has 5 nitrogen and oxygen atoms in total. The molecule has 2 N–H and O–H groups in total. The third-order valence-corrected chi connectivity index (χ3v) is 4.39. The van der Waals surface area contributed by atoms with Crippen molar-refractivity contribution in [3.05, 3.63) is 30.2 Å². The third kappa shape index (κ3) is 1.15. The minimum atomic E-state index is -0.939. The first kappa shape index (κ1) is 11.4. The molecule has 0 saturated heterocycles. The normalized spacial score (nSPS) is 17.4. The van der Waals surface area contributed by atoms with Crippen molar-refractivity contribution in [3.63, 3.8) is 0 Å². The second-order valence-corrected chi connectivity index (χ2v) is 5.29. The molecule has 2 heterocycles. The molecular formula is C15H12O5. The lowest BCUT2D eigenvalue weighted by Gasteiger charge is -2.38. The highest BCUT2D eigenvalue weighted by Gasteiger charge is 2.49. The van der Waals surface area contributed by atoms with E-state index in [0.717, 1.165) is 6.42 Å². The first-order chi connectivity index (χ1) is 9.65. The van der Waals surface area contributed by atoms with E-state index in [1.165, 1.54) is 12.5 Å². The summed E-state index contributed by atoms with van der Waals surface area (Å²) in [5, 5.41) is 21.0. The summed E-state index contributed by atoms with van der Waals surface area (Å²) in [5.74, 6) is -0.855. The predicted molar refractivity (Wildman–Crippen MR) is 70.8 cm³/mol. The van der Waals surface area contributed by atoms with Gasteiger partial charge in [-0.15, -0.1) is 0 Å². The van der Waals surface area contributed by atoms with Crippen molar-refractivity contribution in [1.82, 2.24) is 0 Å². The fourth-order valence-corrected chi connectivity index (χ4v) is 3.20. The number of hydrogen-bond acceptors (Lipinski definition) is 4. The summed E-state index contributed by atoms with van der Waals surface area (Å²) in [5.41, 5.74) is 0.448. The van der Waals surface area contributed by atoms with Crippen LogP contribution in [0.5, 0.6) is 5.75 Å². The van der Waals surface area contributed by atoms with Crippen LogP contribution in [-0.2, 0) is 10.2 Å². The summed E-state index contributed by atoms with van der Waals surface area (Å²) in [6.07, 6.45) is 4.93. The molecule has 0 amide bonds. The third-order valence-electron chi connectivity index (χ3n) is 4.39. The van der Waals surface area contributed by atoms with Gasteiger partial charge in [0.2, 0.25) is 0 Å². The summed E-state index contributed by atoms with van der Waals surface area (Å²) in [7, 11) is 0. The lowest BCUT2D eigenvalue weighted by molar-refractivity contribution is -0.147. The van der Waals surface area contributed by atoms with Gasteiger partial charge in [-0.3, -0.25) is 4.79 Å². The fraction of sp³-hybridized carbons (Fsp3) is 0.267. The molecule has 3 aromatic rings. The Morgan fingerprint density at radius 1 is 1.10 bits per heavy atom. The molecule has 1 fully saturated rings. The number of phenols is 1. The number of rotatable bonds is 2. The Hall–Kier alpha value is -2.43. The number of carboxylic acid groups (broad SMARTS) is 1. The maximum atomic E-state index is 11.8. The lowest BCUT2D eigenvalue weighted by Crippen LogP contribution is -2.42. The van der Waals surface area contributed by atoms with Crippen LogP contribution in [0.3, 0.4) is 0 Å². The smallest absolute Gasteiger partial charge is 0.314 e. The Morgan fingerprint density at radius 2 is 1.75 bits per heavy atom. The van der Waals surface area contributed by atoms with Gasteiger partial charge < -0.3 is 19.0 Å². The molecular weight excluding hydrogens is 260 g/mol. The van der Waals surface area contributed by atoms with Crippen molar-refractivity contribution in [2.75, 3.05) is 0 Å². The number of benzene rings is 1. The van der Waals surface area contributed by atoms with Crippen molar-refractivity contribution in [1.29, 1.82) is 0 Å². The van der Waals surface area contributed by atoms with Crippen LogP contribution in [-0.4, -0.2) is 16.2 Å². The molecule has 1 saturated carbocycles. The van der Waals surface area contributed by atoms with Crippen LogP contribution < -0.4 is 0 Å². The van der Waals surface area contributed by atoms with E-state index in [4.69, 9.17) is 8.83 Å². The molecule has 102 valence electrons. The van der Waals surface area contributed by atoms with Crippen LogP contribution in [0.1, 0.15) is 24.8 Å². The Labute approximate surface area is 113 Å². The van der Waals surface area contributed by atoms with Crippen LogP contribution in [0.2, 0.25) is 0 Å². The van der Waals surface area contributed by atoms with Crippen molar-refractivity contribution < 1.29 is 23.8 Å². The topological polar surface area (TPSA) is 83.8 Å². The van der Waals surface area contributed by atoms with E-state index >= 15 is 0 Å². The summed E-state index contributed by atoms with van der Waals surface area (Å²) < 4.78 is 10.8. The number of phenolic OH excluding ortho intramolecular Hbond substituents is 1. The first-order valence-electron chi connectivity index (χ1n) is 6.48. The van der Waals surface area contributed by atoms with Gasteiger partial charge in [0.1, 0.15) is 5.58 Å². The maximum absolute atomic E-state index is 11.8. The average Bonchev–Trinajstić information content (AvgIpc) is 3.00. The van der Waals surface area contributed by atoms with Gasteiger partial charge in [0.25, 0.3) is 0 Å². The second kappa shape index (κ2) is 3.56. The van der Waals surface area contributed by atoms with Gasteiger partial charge in [0, 0.05) is 10.9 Å². The molecule has 20 heavy (non-hydrogen) atoms. The Kier molecular flexibility index (Phi) is 2.03. The zero-order chi connectivity index (χ0) is 13.9. The largest absolute Gasteiger partial charge is 0.504 e. The summed E-state index contributed by atoms with van der Waals surface area (Å²) in [4.78, 5) is 11.8. The number of fused-ring (bicyclic) bond motifs is 2. The highest BCUT2D eigenvalue weighted by Crippen LogP contribution is 2.51. The van der Waals surface area contributed by atoms with Gasteiger partial charge in [-0.2, -0.15) is 0 Å². The Bertz CT molecular complexity index is 783. The minimum absolute atomic E-state index is 0.00244. The zero-order valence-electron chi connectivity index (χ0n) is 10.5. The molecule has 1 aromatic carbocycles. The number of aliphatic carboxylic acids is 1. The number of carbonyl (C=O) groups is 1. The van der Waals surface area contributed by atoms with Crippen molar-refractivity contribution in [2.24, 2.45) is 0 Å². The molecule has 0 aliphatic heterocycles. The highest BCUT2D eigenvalue weighted by molar-refractivity contribution is 6.07. The number of carboxylic acids is 1. The van der Waals surface area contributed by atoms with E-state index in [-0.39, 0.29) is 5.75 Å². The summed E-state index contributed by atoms with van der Waals surface area (Å²) >= 11 is 0. The van der Waals surface area contributed by atoms with Crippen molar-refractivity contribution in [3.8, 4) is 5.75 Å². The second-order valence-electron chi connectivity index (χ2n) is 5.29. The summed E-state index contributed by atoms with van der Waals surface area (Å²) in [6.45, 7) is 0. The van der Waals surface area contributed by atoms with E-state index in [1.807, 2.05) is 0 Å². The quantitative estimate of drug-likeness (QED) is 0.747. The Balaban J connectivity index is 2.20. The van der Waals surface area contributed by atoms with Crippen LogP contribution in [0.25, 0.3) is 21.9 Å². The van der Waals surface area contributed by atoms with E-state index < -0.39 is 11.4 Å². The molecule has 1 aliphatic carbocycles. The van der Waals surface area contributed by atoms with Crippen molar-refractivity contribution in [2.45, 2.75) is 24.7 Å². The van der Waals surface area contributed by atoms with Gasteiger partial charge in [-0.25, -0.2) is 0 Å². The number of furan rings is 2. The lowest BCUT2D eigenvalue weighted by atomic mass is 9.63. The van der Waals surface area contributed by atoms with Gasteiger partial charge in [0.05, 0.1) is 23.3 Å². The van der Waals surface area contributed by atoms with E-state index in [9.17, 15) is 15.0 Å². The van der Waals surface area contributed by atoms with E-state index in [0.29, 0.717) is 40.3 Å². The monoisotopic (exact) mass is 272 g/mol. The van der Waals surface area contributed by atoms with Crippen LogP contribution in [0.15, 0.2) is 33.5 Å². The number of aromatic hydroxyl groups is 1. The molecule has 0 radical (unpaired) electrons. The average molecular weight is 272 g/mol. The van der Waals surface area contributed by atoms with Crippen LogP contribution in [0.4, 0.5) is 0 Å². The molecule has 2 aromatic heterocycles. The van der Waals surface area contributed by atoms with Gasteiger partial charge in [0.15, 0.2) is 11.3 Å². The molecule has 4 rings (SSSR count). The van der Waals surface area contributed by atoms with Gasteiger partial charge >= 0.3 is 5.97 Å². The van der Waals surface area contributed by atoms with Gasteiger partial charge in [-0.1, -0.05) is 6.42 Å². The Morgan fingerprint density at radius 3 is 2.35 bits per heavy atom. The number of hydrogen-bond donors (Lipinski definition) is 2. The van der Waals surface area contributed by atoms with Crippen LogP contribution in [0, 0.1) is 0 Å². The highest BCUT2D eigenvalue weighted by atomic mass is 16.4. The molecule has 1 aliphatic rings. The molecule has 0 bridgehead atoms. The predicted octanol–water partition coefficient (Wildman–Crippen LogP) is 3.39. The molecule has 0 atom stereocenters. The SMILES string of the molecule is O=C(O)C1(c2c3ccoc3c(O)c3ccoc23)CCC1. The zero-order valence-corrected chi connectivity index (χ0v) is 10.5.